The van der Waals surface area contributed by atoms with Crippen LogP contribution in [0.3, 0.4) is 0 Å². The highest BCUT2D eigenvalue weighted by molar-refractivity contribution is 5.85. The van der Waals surface area contributed by atoms with E-state index in [1.807, 2.05) is 24.8 Å². The maximum Gasteiger partial charge on any atom is 0.240 e. The molecule has 0 saturated carbocycles. The Morgan fingerprint density at radius 1 is 1.19 bits per heavy atom. The molecule has 0 aromatic heterocycles. The Kier molecular flexibility index (Phi) is 8.20. The fourth-order valence-electron chi connectivity index (χ4n) is 3.78. The van der Waals surface area contributed by atoms with Gasteiger partial charge < -0.3 is 24.8 Å². The van der Waals surface area contributed by atoms with Gasteiger partial charge in [-0.2, -0.15) is 0 Å². The van der Waals surface area contributed by atoms with E-state index in [-0.39, 0.29) is 24.2 Å². The van der Waals surface area contributed by atoms with Crippen LogP contribution in [0, 0.1) is 5.92 Å². The van der Waals surface area contributed by atoms with Crippen molar-refractivity contribution in [1.82, 2.24) is 4.90 Å². The van der Waals surface area contributed by atoms with Gasteiger partial charge in [-0.3, -0.25) is 4.79 Å². The van der Waals surface area contributed by atoms with Gasteiger partial charge in [-0.05, 0) is 62.3 Å². The van der Waals surface area contributed by atoms with Crippen LogP contribution < -0.4 is 15.2 Å². The zero-order chi connectivity index (χ0) is 18.5. The lowest BCUT2D eigenvalue weighted by Crippen LogP contribution is -2.50. The van der Waals surface area contributed by atoms with Gasteiger partial charge >= 0.3 is 0 Å². The van der Waals surface area contributed by atoms with E-state index < -0.39 is 6.04 Å². The second-order valence-electron chi connectivity index (χ2n) is 6.92. The largest absolute Gasteiger partial charge is 0.490 e. The Bertz CT molecular complexity index is 635. The average molecular weight is 399 g/mol. The van der Waals surface area contributed by atoms with Crippen LogP contribution in [0.1, 0.15) is 37.8 Å². The number of carbonyl (C=O) groups is 1. The first-order valence-electron chi connectivity index (χ1n) is 9.67. The summed E-state index contributed by atoms with van der Waals surface area (Å²) < 4.78 is 16.8. The maximum absolute atomic E-state index is 12.9. The first-order valence-corrected chi connectivity index (χ1v) is 9.67. The molecule has 152 valence electrons. The minimum absolute atomic E-state index is 0. The van der Waals surface area contributed by atoms with Gasteiger partial charge in [0.2, 0.25) is 5.91 Å². The summed E-state index contributed by atoms with van der Waals surface area (Å²) in [5.74, 6) is 1.80. The van der Waals surface area contributed by atoms with E-state index in [2.05, 4.69) is 6.07 Å². The molecule has 2 heterocycles. The fourth-order valence-corrected chi connectivity index (χ4v) is 3.78. The third kappa shape index (κ3) is 5.06. The van der Waals surface area contributed by atoms with Crippen LogP contribution >= 0.6 is 12.4 Å². The van der Waals surface area contributed by atoms with Gasteiger partial charge in [0, 0.05) is 26.3 Å². The van der Waals surface area contributed by atoms with Gasteiger partial charge in [-0.1, -0.05) is 0 Å². The molecule has 1 fully saturated rings. The molecule has 2 aliphatic rings. The van der Waals surface area contributed by atoms with Gasteiger partial charge in [-0.15, -0.1) is 12.4 Å². The summed E-state index contributed by atoms with van der Waals surface area (Å²) in [6, 6.07) is 3.64. The van der Waals surface area contributed by atoms with Crippen molar-refractivity contribution in [3.05, 3.63) is 23.3 Å². The van der Waals surface area contributed by atoms with Crippen LogP contribution in [0.15, 0.2) is 12.1 Å². The standard InChI is InChI=1S/C20H30N2O4.ClH/c1-3-25-17-11-15-5-8-22(13-16(15)12-18(17)26-4-2)20(23)19(21)14-6-9-24-10-7-14;/h11-12,14,19H,3-10,13,21H2,1-2H3;1H. The first-order chi connectivity index (χ1) is 12.6. The Balaban J connectivity index is 0.00000261. The predicted octanol–water partition coefficient (Wildman–Crippen LogP) is 2.54. The van der Waals surface area contributed by atoms with Crippen LogP contribution in [0.5, 0.6) is 11.5 Å². The Hall–Kier alpha value is -1.50. The van der Waals surface area contributed by atoms with Gasteiger partial charge in [0.05, 0.1) is 19.3 Å². The Morgan fingerprint density at radius 2 is 1.78 bits per heavy atom. The highest BCUT2D eigenvalue weighted by atomic mass is 35.5. The first kappa shape index (κ1) is 21.8. The monoisotopic (exact) mass is 398 g/mol. The van der Waals surface area contributed by atoms with E-state index in [9.17, 15) is 4.79 Å². The molecule has 6 nitrogen and oxygen atoms in total. The third-order valence-electron chi connectivity index (χ3n) is 5.25. The van der Waals surface area contributed by atoms with Crippen molar-refractivity contribution < 1.29 is 19.0 Å². The van der Waals surface area contributed by atoms with Gasteiger partial charge in [0.25, 0.3) is 0 Å². The van der Waals surface area contributed by atoms with Crippen molar-refractivity contribution in [3.8, 4) is 11.5 Å². The summed E-state index contributed by atoms with van der Waals surface area (Å²) in [5, 5.41) is 0. The lowest BCUT2D eigenvalue weighted by Gasteiger charge is -2.34. The molecular formula is C20H31ClN2O4. The zero-order valence-corrected chi connectivity index (χ0v) is 17.1. The molecule has 7 heteroatoms. The molecule has 1 aromatic carbocycles. The molecule has 1 atom stereocenters. The number of rotatable bonds is 6. The van der Waals surface area contributed by atoms with Gasteiger partial charge in [0.15, 0.2) is 11.5 Å². The number of ether oxygens (including phenoxy) is 3. The van der Waals surface area contributed by atoms with E-state index in [0.717, 1.165) is 36.3 Å². The third-order valence-corrected chi connectivity index (χ3v) is 5.25. The number of halogens is 1. The number of amides is 1. The molecular weight excluding hydrogens is 368 g/mol. The van der Waals surface area contributed by atoms with E-state index in [1.165, 1.54) is 5.56 Å². The van der Waals surface area contributed by atoms with Crippen LogP contribution in [0.4, 0.5) is 0 Å². The lowest BCUT2D eigenvalue weighted by molar-refractivity contribution is -0.135. The molecule has 1 saturated heterocycles. The normalized spacial score (nSPS) is 18.3. The molecule has 1 amide bonds. The molecule has 3 rings (SSSR count). The summed E-state index contributed by atoms with van der Waals surface area (Å²) in [6.07, 6.45) is 2.54. The fraction of sp³-hybridized carbons (Fsp3) is 0.650. The number of hydrogen-bond acceptors (Lipinski definition) is 5. The number of benzene rings is 1. The summed E-state index contributed by atoms with van der Waals surface area (Å²) in [4.78, 5) is 14.8. The average Bonchev–Trinajstić information content (AvgIpc) is 2.68. The molecule has 1 unspecified atom stereocenters. The van der Waals surface area contributed by atoms with Crippen molar-refractivity contribution in [1.29, 1.82) is 0 Å². The summed E-state index contributed by atoms with van der Waals surface area (Å²) >= 11 is 0. The summed E-state index contributed by atoms with van der Waals surface area (Å²) in [5.41, 5.74) is 8.64. The summed E-state index contributed by atoms with van der Waals surface area (Å²) in [6.45, 7) is 7.78. The smallest absolute Gasteiger partial charge is 0.240 e. The number of hydrogen-bond donors (Lipinski definition) is 1. The van der Waals surface area contributed by atoms with Crippen molar-refractivity contribution in [2.45, 2.75) is 45.7 Å². The van der Waals surface area contributed by atoms with Crippen molar-refractivity contribution in [2.75, 3.05) is 33.0 Å². The molecule has 0 radical (unpaired) electrons. The number of nitrogens with two attached hydrogens (primary N) is 1. The molecule has 2 aliphatic heterocycles. The van der Waals surface area contributed by atoms with Crippen LogP contribution in [0.25, 0.3) is 0 Å². The van der Waals surface area contributed by atoms with E-state index in [0.29, 0.717) is 39.5 Å². The zero-order valence-electron chi connectivity index (χ0n) is 16.2. The molecule has 0 aliphatic carbocycles. The summed E-state index contributed by atoms with van der Waals surface area (Å²) in [7, 11) is 0. The van der Waals surface area contributed by atoms with Gasteiger partial charge in [0.1, 0.15) is 0 Å². The van der Waals surface area contributed by atoms with Crippen molar-refractivity contribution in [2.24, 2.45) is 11.7 Å². The van der Waals surface area contributed by atoms with E-state index in [4.69, 9.17) is 19.9 Å². The quantitative estimate of drug-likeness (QED) is 0.797. The van der Waals surface area contributed by atoms with Crippen LogP contribution in [0.2, 0.25) is 0 Å². The molecule has 0 bridgehead atoms. The molecule has 1 aromatic rings. The second kappa shape index (κ2) is 10.2. The minimum Gasteiger partial charge on any atom is -0.490 e. The van der Waals surface area contributed by atoms with E-state index in [1.54, 1.807) is 0 Å². The minimum atomic E-state index is -0.436. The van der Waals surface area contributed by atoms with Crippen molar-refractivity contribution >= 4 is 18.3 Å². The number of carbonyl (C=O) groups excluding carboxylic acids is 1. The number of fused-ring (bicyclic) bond motifs is 1. The van der Waals surface area contributed by atoms with Crippen molar-refractivity contribution in [3.63, 3.8) is 0 Å². The predicted molar refractivity (Wildman–Crippen MR) is 107 cm³/mol. The second-order valence-corrected chi connectivity index (χ2v) is 6.92. The molecule has 0 spiro atoms. The highest BCUT2D eigenvalue weighted by Gasteiger charge is 2.31. The Labute approximate surface area is 167 Å². The van der Waals surface area contributed by atoms with Gasteiger partial charge in [-0.25, -0.2) is 0 Å². The van der Waals surface area contributed by atoms with Crippen LogP contribution in [-0.2, 0) is 22.5 Å². The molecule has 2 N–H and O–H groups in total. The number of nitrogens with zero attached hydrogens (tertiary/aromatic N) is 1. The SMILES string of the molecule is CCOc1cc2c(cc1OCC)CN(C(=O)C(N)C1CCOCC1)CC2.Cl. The maximum atomic E-state index is 12.9. The topological polar surface area (TPSA) is 74.0 Å². The highest BCUT2D eigenvalue weighted by Crippen LogP contribution is 2.34. The van der Waals surface area contributed by atoms with E-state index >= 15 is 0 Å². The Morgan fingerprint density at radius 3 is 2.37 bits per heavy atom. The van der Waals surface area contributed by atoms with Crippen LogP contribution in [-0.4, -0.2) is 49.8 Å². The lowest BCUT2D eigenvalue weighted by atomic mass is 9.90. The molecule has 27 heavy (non-hydrogen) atoms.